The molecular weight excluding hydrogens is 244 g/mol. The van der Waals surface area contributed by atoms with Crippen molar-refractivity contribution in [3.05, 3.63) is 0 Å². The summed E-state index contributed by atoms with van der Waals surface area (Å²) in [7, 11) is 0. The number of amides is 1. The molecule has 1 aliphatic carbocycles. The van der Waals surface area contributed by atoms with Gasteiger partial charge in [-0.2, -0.15) is 11.8 Å². The van der Waals surface area contributed by atoms with E-state index >= 15 is 0 Å². The second-order valence-electron chi connectivity index (χ2n) is 5.23. The predicted molar refractivity (Wildman–Crippen MR) is 79.7 cm³/mol. The monoisotopic (exact) mass is 272 g/mol. The molecule has 18 heavy (non-hydrogen) atoms. The Morgan fingerprint density at radius 3 is 2.78 bits per heavy atom. The van der Waals surface area contributed by atoms with Gasteiger partial charge in [0, 0.05) is 12.5 Å². The molecular formula is C14H28N2OS. The fraction of sp³-hybridized carbons (Fsp3) is 0.929. The van der Waals surface area contributed by atoms with E-state index in [1.807, 2.05) is 11.8 Å². The first-order valence-electron chi connectivity index (χ1n) is 7.26. The van der Waals surface area contributed by atoms with Crippen molar-refractivity contribution < 1.29 is 4.79 Å². The second-order valence-corrected chi connectivity index (χ2v) is 6.22. The quantitative estimate of drug-likeness (QED) is 0.634. The molecule has 2 unspecified atom stereocenters. The molecule has 106 valence electrons. The van der Waals surface area contributed by atoms with Crippen LogP contribution in [-0.4, -0.2) is 31.0 Å². The average Bonchev–Trinajstić information content (AvgIpc) is 2.85. The summed E-state index contributed by atoms with van der Waals surface area (Å²) in [6, 6.07) is 0. The van der Waals surface area contributed by atoms with E-state index in [4.69, 9.17) is 5.73 Å². The standard InChI is InChI=1S/C14H28N2OS/c1-18-10-5-3-2-4-9-16-14(17)13-8-6-7-12(13)11-15/h12-13H,2-11,15H2,1H3,(H,16,17). The number of unbranched alkanes of at least 4 members (excludes halogenated alkanes) is 3. The first-order chi connectivity index (χ1) is 8.79. The number of carbonyl (C=O) groups excluding carboxylic acids is 1. The highest BCUT2D eigenvalue weighted by molar-refractivity contribution is 7.98. The van der Waals surface area contributed by atoms with Gasteiger partial charge < -0.3 is 11.1 Å². The maximum atomic E-state index is 12.0. The molecule has 3 N–H and O–H groups in total. The number of nitrogens with two attached hydrogens (primary N) is 1. The number of hydrogen-bond acceptors (Lipinski definition) is 3. The minimum Gasteiger partial charge on any atom is -0.356 e. The van der Waals surface area contributed by atoms with Crippen LogP contribution >= 0.6 is 11.8 Å². The van der Waals surface area contributed by atoms with E-state index in [1.54, 1.807) is 0 Å². The Kier molecular flexibility index (Phi) is 8.51. The molecule has 1 amide bonds. The molecule has 1 aliphatic rings. The molecule has 1 saturated carbocycles. The fourth-order valence-corrected chi connectivity index (χ4v) is 3.22. The van der Waals surface area contributed by atoms with Gasteiger partial charge in [0.15, 0.2) is 0 Å². The summed E-state index contributed by atoms with van der Waals surface area (Å²) in [6.07, 6.45) is 10.4. The largest absolute Gasteiger partial charge is 0.356 e. The van der Waals surface area contributed by atoms with Crippen LogP contribution in [0.4, 0.5) is 0 Å². The first-order valence-corrected chi connectivity index (χ1v) is 8.65. The van der Waals surface area contributed by atoms with Gasteiger partial charge in [0.1, 0.15) is 0 Å². The van der Waals surface area contributed by atoms with E-state index in [0.717, 1.165) is 32.2 Å². The molecule has 1 fully saturated rings. The van der Waals surface area contributed by atoms with E-state index in [0.29, 0.717) is 12.5 Å². The van der Waals surface area contributed by atoms with Gasteiger partial charge in [-0.1, -0.05) is 19.3 Å². The summed E-state index contributed by atoms with van der Waals surface area (Å²) in [5.41, 5.74) is 5.70. The molecule has 0 spiro atoms. The summed E-state index contributed by atoms with van der Waals surface area (Å²) in [6.45, 7) is 1.50. The van der Waals surface area contributed by atoms with Crippen molar-refractivity contribution in [2.24, 2.45) is 17.6 Å². The average molecular weight is 272 g/mol. The molecule has 3 nitrogen and oxygen atoms in total. The molecule has 0 saturated heterocycles. The normalized spacial score (nSPS) is 23.2. The van der Waals surface area contributed by atoms with Crippen LogP contribution in [-0.2, 0) is 4.79 Å². The van der Waals surface area contributed by atoms with Gasteiger partial charge in [-0.05, 0) is 50.2 Å². The lowest BCUT2D eigenvalue weighted by molar-refractivity contribution is -0.125. The van der Waals surface area contributed by atoms with Gasteiger partial charge in [-0.3, -0.25) is 4.79 Å². The van der Waals surface area contributed by atoms with Crippen LogP contribution in [0, 0.1) is 11.8 Å². The zero-order valence-electron chi connectivity index (χ0n) is 11.6. The Morgan fingerprint density at radius 2 is 2.06 bits per heavy atom. The van der Waals surface area contributed by atoms with Crippen LogP contribution in [0.1, 0.15) is 44.9 Å². The zero-order chi connectivity index (χ0) is 13.2. The van der Waals surface area contributed by atoms with Crippen LogP contribution in [0.15, 0.2) is 0 Å². The Labute approximate surface area is 116 Å². The smallest absolute Gasteiger partial charge is 0.223 e. The second kappa shape index (κ2) is 9.68. The Balaban J connectivity index is 2.03. The predicted octanol–water partition coefficient (Wildman–Crippen LogP) is 2.40. The van der Waals surface area contributed by atoms with Gasteiger partial charge in [0.05, 0.1) is 0 Å². The summed E-state index contributed by atoms with van der Waals surface area (Å²) < 4.78 is 0. The Hall–Kier alpha value is -0.220. The van der Waals surface area contributed by atoms with E-state index < -0.39 is 0 Å². The van der Waals surface area contributed by atoms with E-state index in [1.165, 1.54) is 25.0 Å². The van der Waals surface area contributed by atoms with Gasteiger partial charge in [-0.15, -0.1) is 0 Å². The minimum atomic E-state index is 0.187. The van der Waals surface area contributed by atoms with Gasteiger partial charge in [-0.25, -0.2) is 0 Å². The van der Waals surface area contributed by atoms with Crippen molar-refractivity contribution in [2.75, 3.05) is 25.1 Å². The Morgan fingerprint density at radius 1 is 1.28 bits per heavy atom. The van der Waals surface area contributed by atoms with E-state index in [-0.39, 0.29) is 11.8 Å². The molecule has 0 heterocycles. The molecule has 0 aromatic rings. The summed E-state index contributed by atoms with van der Waals surface area (Å²) in [4.78, 5) is 12.0. The summed E-state index contributed by atoms with van der Waals surface area (Å²) >= 11 is 1.91. The lowest BCUT2D eigenvalue weighted by Gasteiger charge is -2.17. The third-order valence-electron chi connectivity index (χ3n) is 3.87. The molecule has 4 heteroatoms. The van der Waals surface area contributed by atoms with Crippen molar-refractivity contribution in [1.29, 1.82) is 0 Å². The van der Waals surface area contributed by atoms with Crippen molar-refractivity contribution in [2.45, 2.75) is 44.9 Å². The molecule has 0 aromatic carbocycles. The topological polar surface area (TPSA) is 55.1 Å². The van der Waals surface area contributed by atoms with Crippen molar-refractivity contribution in [3.63, 3.8) is 0 Å². The fourth-order valence-electron chi connectivity index (χ4n) is 2.73. The number of rotatable bonds is 9. The Bertz CT molecular complexity index is 236. The number of nitrogens with one attached hydrogen (secondary N) is 1. The van der Waals surface area contributed by atoms with Crippen molar-refractivity contribution in [1.82, 2.24) is 5.32 Å². The number of hydrogen-bond donors (Lipinski definition) is 2. The lowest BCUT2D eigenvalue weighted by Crippen LogP contribution is -2.35. The highest BCUT2D eigenvalue weighted by Crippen LogP contribution is 2.30. The van der Waals surface area contributed by atoms with E-state index in [2.05, 4.69) is 11.6 Å². The summed E-state index contributed by atoms with van der Waals surface area (Å²) in [5.74, 6) is 2.11. The van der Waals surface area contributed by atoms with Crippen LogP contribution in [0.3, 0.4) is 0 Å². The highest BCUT2D eigenvalue weighted by atomic mass is 32.2. The molecule has 0 aliphatic heterocycles. The highest BCUT2D eigenvalue weighted by Gasteiger charge is 2.31. The zero-order valence-corrected chi connectivity index (χ0v) is 12.4. The van der Waals surface area contributed by atoms with Crippen LogP contribution in [0.25, 0.3) is 0 Å². The lowest BCUT2D eigenvalue weighted by atomic mass is 9.95. The maximum Gasteiger partial charge on any atom is 0.223 e. The van der Waals surface area contributed by atoms with Gasteiger partial charge >= 0.3 is 0 Å². The van der Waals surface area contributed by atoms with Gasteiger partial charge in [0.2, 0.25) is 5.91 Å². The van der Waals surface area contributed by atoms with Crippen molar-refractivity contribution >= 4 is 17.7 Å². The van der Waals surface area contributed by atoms with E-state index in [9.17, 15) is 4.79 Å². The molecule has 0 bridgehead atoms. The SMILES string of the molecule is CSCCCCCCNC(=O)C1CCCC1CN. The van der Waals surface area contributed by atoms with Crippen LogP contribution in [0.5, 0.6) is 0 Å². The third kappa shape index (κ3) is 5.61. The molecule has 0 radical (unpaired) electrons. The molecule has 0 aromatic heterocycles. The van der Waals surface area contributed by atoms with Crippen LogP contribution in [0.2, 0.25) is 0 Å². The maximum absolute atomic E-state index is 12.0. The minimum absolute atomic E-state index is 0.187. The number of thioether (sulfide) groups is 1. The van der Waals surface area contributed by atoms with Crippen LogP contribution < -0.4 is 11.1 Å². The van der Waals surface area contributed by atoms with Crippen molar-refractivity contribution in [3.8, 4) is 0 Å². The molecule has 2 atom stereocenters. The number of carbonyl (C=O) groups is 1. The molecule has 1 rings (SSSR count). The van der Waals surface area contributed by atoms with Gasteiger partial charge in [0.25, 0.3) is 0 Å². The third-order valence-corrected chi connectivity index (χ3v) is 4.57. The first kappa shape index (κ1) is 15.8. The summed E-state index contributed by atoms with van der Waals surface area (Å²) in [5, 5.41) is 3.08.